The van der Waals surface area contributed by atoms with Gasteiger partial charge in [-0.25, -0.2) is 9.97 Å². The summed E-state index contributed by atoms with van der Waals surface area (Å²) in [6.45, 7) is 3.25. The van der Waals surface area contributed by atoms with Gasteiger partial charge in [-0.3, -0.25) is 0 Å². The average molecular weight is 265 g/mol. The van der Waals surface area contributed by atoms with Gasteiger partial charge >= 0.3 is 0 Å². The Bertz CT molecular complexity index is 381. The molecule has 1 aromatic rings. The van der Waals surface area contributed by atoms with E-state index >= 15 is 0 Å². The molecule has 0 atom stereocenters. The zero-order chi connectivity index (χ0) is 13.5. The molecule has 0 aliphatic carbocycles. The Morgan fingerprint density at radius 2 is 2.21 bits per heavy atom. The largest absolute Gasteiger partial charge is 0.381 e. The van der Waals surface area contributed by atoms with E-state index in [0.717, 1.165) is 50.7 Å². The molecule has 0 bridgehead atoms. The van der Waals surface area contributed by atoms with Gasteiger partial charge in [0.1, 0.15) is 18.0 Å². The van der Waals surface area contributed by atoms with Crippen molar-refractivity contribution < 1.29 is 4.74 Å². The summed E-state index contributed by atoms with van der Waals surface area (Å²) in [5.74, 6) is 1.81. The fourth-order valence-corrected chi connectivity index (χ4v) is 2.13. The summed E-state index contributed by atoms with van der Waals surface area (Å²) in [5, 5.41) is 3.45. The predicted molar refractivity (Wildman–Crippen MR) is 76.4 cm³/mol. The number of nitrogens with zero attached hydrogens (tertiary/aromatic N) is 3. The van der Waals surface area contributed by atoms with Crippen LogP contribution in [0.15, 0.2) is 12.4 Å². The maximum Gasteiger partial charge on any atom is 0.133 e. The third kappa shape index (κ3) is 4.33. The summed E-state index contributed by atoms with van der Waals surface area (Å²) in [5.41, 5.74) is 5.52. The lowest BCUT2D eigenvalue weighted by Crippen LogP contribution is -2.28. The van der Waals surface area contributed by atoms with E-state index in [2.05, 4.69) is 20.2 Å². The maximum atomic E-state index is 5.52. The van der Waals surface area contributed by atoms with E-state index in [1.807, 2.05) is 13.1 Å². The highest BCUT2D eigenvalue weighted by Gasteiger charge is 2.14. The van der Waals surface area contributed by atoms with E-state index in [9.17, 15) is 0 Å². The van der Waals surface area contributed by atoms with E-state index < -0.39 is 0 Å². The highest BCUT2D eigenvalue weighted by molar-refractivity contribution is 5.48. The Morgan fingerprint density at radius 3 is 2.95 bits per heavy atom. The SMILES string of the molecule is CN(CCCN)c1cc(NC2CCOCC2)ncn1. The number of hydrogen-bond donors (Lipinski definition) is 2. The van der Waals surface area contributed by atoms with Crippen LogP contribution in [0.3, 0.4) is 0 Å². The summed E-state index contributed by atoms with van der Waals surface area (Å²) in [6, 6.07) is 2.44. The van der Waals surface area contributed by atoms with Gasteiger partial charge in [-0.05, 0) is 25.8 Å². The molecule has 106 valence electrons. The first-order valence-electron chi connectivity index (χ1n) is 6.87. The number of rotatable bonds is 6. The minimum atomic E-state index is 0.450. The zero-order valence-corrected chi connectivity index (χ0v) is 11.5. The van der Waals surface area contributed by atoms with Crippen LogP contribution in [0.2, 0.25) is 0 Å². The van der Waals surface area contributed by atoms with Gasteiger partial charge in [0.05, 0.1) is 0 Å². The van der Waals surface area contributed by atoms with Crippen molar-refractivity contribution in [3.05, 3.63) is 12.4 Å². The molecule has 0 saturated carbocycles. The van der Waals surface area contributed by atoms with E-state index in [-0.39, 0.29) is 0 Å². The molecule has 0 radical (unpaired) electrons. The minimum Gasteiger partial charge on any atom is -0.381 e. The molecular formula is C13H23N5O. The van der Waals surface area contributed by atoms with E-state index in [4.69, 9.17) is 10.5 Å². The molecule has 6 heteroatoms. The number of anilines is 2. The Hall–Kier alpha value is -1.40. The number of nitrogens with two attached hydrogens (primary N) is 1. The summed E-state index contributed by atoms with van der Waals surface area (Å²) in [4.78, 5) is 10.7. The van der Waals surface area contributed by atoms with Crippen LogP contribution >= 0.6 is 0 Å². The van der Waals surface area contributed by atoms with Gasteiger partial charge in [0.15, 0.2) is 0 Å². The standard InChI is InChI=1S/C13H23N5O/c1-18(6-2-5-14)13-9-12(15-10-16-13)17-11-3-7-19-8-4-11/h9-11H,2-8,14H2,1H3,(H,15,16,17). The van der Waals surface area contributed by atoms with Gasteiger partial charge in [-0.1, -0.05) is 0 Å². The lowest BCUT2D eigenvalue weighted by molar-refractivity contribution is 0.0904. The quantitative estimate of drug-likeness (QED) is 0.794. The molecule has 2 heterocycles. The first kappa shape index (κ1) is 14.0. The van der Waals surface area contributed by atoms with Crippen molar-refractivity contribution in [2.24, 2.45) is 5.73 Å². The molecule has 0 spiro atoms. The first-order valence-corrected chi connectivity index (χ1v) is 6.87. The molecular weight excluding hydrogens is 242 g/mol. The number of hydrogen-bond acceptors (Lipinski definition) is 6. The molecule has 0 unspecified atom stereocenters. The van der Waals surface area contributed by atoms with Crippen molar-refractivity contribution in [3.8, 4) is 0 Å². The minimum absolute atomic E-state index is 0.450. The van der Waals surface area contributed by atoms with Crippen LogP contribution in [0.25, 0.3) is 0 Å². The number of ether oxygens (including phenoxy) is 1. The Labute approximate surface area is 114 Å². The second-order valence-corrected chi connectivity index (χ2v) is 4.86. The highest BCUT2D eigenvalue weighted by atomic mass is 16.5. The third-order valence-corrected chi connectivity index (χ3v) is 3.31. The average Bonchev–Trinajstić information content (AvgIpc) is 2.46. The molecule has 0 amide bonds. The van der Waals surface area contributed by atoms with Gasteiger partial charge in [0, 0.05) is 38.9 Å². The summed E-state index contributed by atoms with van der Waals surface area (Å²) >= 11 is 0. The van der Waals surface area contributed by atoms with Gasteiger partial charge < -0.3 is 20.7 Å². The molecule has 1 fully saturated rings. The van der Waals surface area contributed by atoms with Gasteiger partial charge in [0.2, 0.25) is 0 Å². The third-order valence-electron chi connectivity index (χ3n) is 3.31. The second-order valence-electron chi connectivity index (χ2n) is 4.86. The Balaban J connectivity index is 1.93. The van der Waals surface area contributed by atoms with E-state index in [1.54, 1.807) is 6.33 Å². The van der Waals surface area contributed by atoms with E-state index in [1.165, 1.54) is 0 Å². The van der Waals surface area contributed by atoms with Gasteiger partial charge in [-0.2, -0.15) is 0 Å². The topological polar surface area (TPSA) is 76.3 Å². The fourth-order valence-electron chi connectivity index (χ4n) is 2.13. The second kappa shape index (κ2) is 7.25. The van der Waals surface area contributed by atoms with Crippen molar-refractivity contribution in [1.82, 2.24) is 9.97 Å². The van der Waals surface area contributed by atoms with Crippen molar-refractivity contribution in [2.75, 3.05) is 43.6 Å². The van der Waals surface area contributed by atoms with E-state index in [0.29, 0.717) is 12.6 Å². The van der Waals surface area contributed by atoms with Crippen LogP contribution in [0.1, 0.15) is 19.3 Å². The van der Waals surface area contributed by atoms with Crippen LogP contribution in [0.4, 0.5) is 11.6 Å². The Morgan fingerprint density at radius 1 is 1.42 bits per heavy atom. The lowest BCUT2D eigenvalue weighted by atomic mass is 10.1. The molecule has 19 heavy (non-hydrogen) atoms. The molecule has 1 aliphatic rings. The van der Waals surface area contributed by atoms with Crippen molar-refractivity contribution in [3.63, 3.8) is 0 Å². The lowest BCUT2D eigenvalue weighted by Gasteiger charge is -2.24. The molecule has 0 aromatic carbocycles. The van der Waals surface area contributed by atoms with Crippen LogP contribution in [0, 0.1) is 0 Å². The van der Waals surface area contributed by atoms with Crippen LogP contribution in [-0.4, -0.2) is 49.4 Å². The summed E-state index contributed by atoms with van der Waals surface area (Å²) in [6.07, 6.45) is 4.63. The number of aromatic nitrogens is 2. The molecule has 1 saturated heterocycles. The van der Waals surface area contributed by atoms with Gasteiger partial charge in [0.25, 0.3) is 0 Å². The zero-order valence-electron chi connectivity index (χ0n) is 11.5. The van der Waals surface area contributed by atoms with Crippen molar-refractivity contribution in [2.45, 2.75) is 25.3 Å². The summed E-state index contributed by atoms with van der Waals surface area (Å²) in [7, 11) is 2.02. The molecule has 6 nitrogen and oxygen atoms in total. The van der Waals surface area contributed by atoms with Crippen LogP contribution in [0.5, 0.6) is 0 Å². The first-order chi connectivity index (χ1) is 9.29. The fraction of sp³-hybridized carbons (Fsp3) is 0.692. The molecule has 1 aliphatic heterocycles. The van der Waals surface area contributed by atoms with Crippen LogP contribution in [-0.2, 0) is 4.74 Å². The number of nitrogens with one attached hydrogen (secondary N) is 1. The van der Waals surface area contributed by atoms with Crippen LogP contribution < -0.4 is 16.0 Å². The summed E-state index contributed by atoms with van der Waals surface area (Å²) < 4.78 is 5.35. The monoisotopic (exact) mass is 265 g/mol. The Kier molecular flexibility index (Phi) is 5.35. The van der Waals surface area contributed by atoms with Gasteiger partial charge in [-0.15, -0.1) is 0 Å². The molecule has 3 N–H and O–H groups in total. The van der Waals surface area contributed by atoms with Crippen molar-refractivity contribution >= 4 is 11.6 Å². The smallest absolute Gasteiger partial charge is 0.133 e. The van der Waals surface area contributed by atoms with Crippen molar-refractivity contribution in [1.29, 1.82) is 0 Å². The molecule has 2 rings (SSSR count). The normalized spacial score (nSPS) is 16.3. The molecule has 1 aromatic heterocycles. The maximum absolute atomic E-state index is 5.52. The predicted octanol–water partition coefficient (Wildman–Crippen LogP) is 0.852. The highest BCUT2D eigenvalue weighted by Crippen LogP contribution is 2.16.